The van der Waals surface area contributed by atoms with Crippen LogP contribution in [0, 0.1) is 0 Å². The van der Waals surface area contributed by atoms with E-state index in [2.05, 4.69) is 22.4 Å². The highest BCUT2D eigenvalue weighted by atomic mass is 16.5. The molecule has 0 unspecified atom stereocenters. The highest BCUT2D eigenvalue weighted by Gasteiger charge is 1.99. The Hall–Kier alpha value is -2.07. The monoisotopic (exact) mass is 257 g/mol. The van der Waals surface area contributed by atoms with Crippen LogP contribution in [-0.2, 0) is 13.1 Å². The van der Waals surface area contributed by atoms with Crippen LogP contribution in [0.2, 0.25) is 0 Å². The van der Waals surface area contributed by atoms with Crippen molar-refractivity contribution in [3.8, 4) is 5.88 Å². The van der Waals surface area contributed by atoms with Crippen LogP contribution >= 0.6 is 0 Å². The van der Waals surface area contributed by atoms with E-state index in [1.165, 1.54) is 5.56 Å². The number of pyridine rings is 1. The number of rotatable bonds is 6. The molecule has 3 N–H and O–H groups in total. The molecule has 0 aliphatic heterocycles. The molecule has 4 nitrogen and oxygen atoms in total. The predicted octanol–water partition coefficient (Wildman–Crippen LogP) is 2.55. The molecule has 1 aromatic heterocycles. The maximum absolute atomic E-state index is 5.63. The molecule has 19 heavy (non-hydrogen) atoms. The number of benzene rings is 1. The van der Waals surface area contributed by atoms with E-state index in [0.717, 1.165) is 17.9 Å². The lowest BCUT2D eigenvalue weighted by atomic mass is 10.1. The Balaban J connectivity index is 1.99. The molecule has 1 aromatic carbocycles. The van der Waals surface area contributed by atoms with Gasteiger partial charge in [0.1, 0.15) is 5.82 Å². The Labute approximate surface area is 113 Å². The van der Waals surface area contributed by atoms with E-state index in [1.807, 2.05) is 37.3 Å². The summed E-state index contributed by atoms with van der Waals surface area (Å²) in [5.41, 5.74) is 7.95. The summed E-state index contributed by atoms with van der Waals surface area (Å²) in [6.45, 7) is 3.84. The summed E-state index contributed by atoms with van der Waals surface area (Å²) in [7, 11) is 0. The summed E-state index contributed by atoms with van der Waals surface area (Å²) in [5, 5.41) is 3.28. The van der Waals surface area contributed by atoms with Crippen LogP contribution in [0.3, 0.4) is 0 Å². The minimum absolute atomic E-state index is 0.561. The molecule has 0 atom stereocenters. The minimum atomic E-state index is 0.561. The molecule has 0 aliphatic rings. The molecule has 2 aromatic rings. The van der Waals surface area contributed by atoms with Gasteiger partial charge in [-0.3, -0.25) is 0 Å². The van der Waals surface area contributed by atoms with E-state index >= 15 is 0 Å². The number of nitrogens with zero attached hydrogens (tertiary/aromatic N) is 1. The average Bonchev–Trinajstić information content (AvgIpc) is 2.46. The van der Waals surface area contributed by atoms with Crippen LogP contribution < -0.4 is 15.8 Å². The zero-order chi connectivity index (χ0) is 13.5. The summed E-state index contributed by atoms with van der Waals surface area (Å²) in [4.78, 5) is 4.36. The van der Waals surface area contributed by atoms with Crippen molar-refractivity contribution >= 4 is 5.82 Å². The second-order valence-electron chi connectivity index (χ2n) is 4.17. The summed E-state index contributed by atoms with van der Waals surface area (Å²) < 4.78 is 5.37. The third-order valence-electron chi connectivity index (χ3n) is 2.72. The van der Waals surface area contributed by atoms with Crippen LogP contribution in [-0.4, -0.2) is 11.6 Å². The molecule has 0 aliphatic carbocycles. The predicted molar refractivity (Wildman–Crippen MR) is 77.1 cm³/mol. The molecule has 0 saturated heterocycles. The van der Waals surface area contributed by atoms with Gasteiger partial charge in [-0.15, -0.1) is 0 Å². The Morgan fingerprint density at radius 3 is 2.74 bits per heavy atom. The van der Waals surface area contributed by atoms with Gasteiger partial charge < -0.3 is 15.8 Å². The third kappa shape index (κ3) is 3.96. The van der Waals surface area contributed by atoms with Crippen molar-refractivity contribution in [2.45, 2.75) is 20.0 Å². The van der Waals surface area contributed by atoms with Gasteiger partial charge in [-0.05, 0) is 24.1 Å². The molecule has 0 radical (unpaired) electrons. The average molecular weight is 257 g/mol. The summed E-state index contributed by atoms with van der Waals surface area (Å²) in [6, 6.07) is 13.9. The first-order valence-corrected chi connectivity index (χ1v) is 6.43. The first kappa shape index (κ1) is 13.4. The van der Waals surface area contributed by atoms with E-state index in [1.54, 1.807) is 0 Å². The second-order valence-corrected chi connectivity index (χ2v) is 4.17. The fourth-order valence-corrected chi connectivity index (χ4v) is 1.80. The van der Waals surface area contributed by atoms with E-state index in [4.69, 9.17) is 10.5 Å². The molecule has 100 valence electrons. The van der Waals surface area contributed by atoms with E-state index in [-0.39, 0.29) is 0 Å². The first-order chi connectivity index (χ1) is 9.31. The molecule has 1 heterocycles. The second kappa shape index (κ2) is 6.75. The van der Waals surface area contributed by atoms with E-state index in [9.17, 15) is 0 Å². The van der Waals surface area contributed by atoms with E-state index < -0.39 is 0 Å². The smallest absolute Gasteiger partial charge is 0.215 e. The fraction of sp³-hybridized carbons (Fsp3) is 0.267. The van der Waals surface area contributed by atoms with Crippen molar-refractivity contribution in [2.24, 2.45) is 5.73 Å². The van der Waals surface area contributed by atoms with Gasteiger partial charge in [0.05, 0.1) is 6.61 Å². The SMILES string of the molecule is CCOc1cccc(NCc2cccc(CN)c2)n1. The Bertz CT molecular complexity index is 528. The summed E-state index contributed by atoms with van der Waals surface area (Å²) in [6.07, 6.45) is 0. The van der Waals surface area contributed by atoms with Crippen LogP contribution in [0.4, 0.5) is 5.82 Å². The Morgan fingerprint density at radius 2 is 1.95 bits per heavy atom. The number of anilines is 1. The molecule has 2 rings (SSSR count). The topological polar surface area (TPSA) is 60.2 Å². The van der Waals surface area contributed by atoms with Gasteiger partial charge in [-0.2, -0.15) is 4.98 Å². The molecular formula is C15H19N3O. The lowest BCUT2D eigenvalue weighted by molar-refractivity contribution is 0.327. The zero-order valence-electron chi connectivity index (χ0n) is 11.1. The quantitative estimate of drug-likeness (QED) is 0.835. The number of nitrogens with two attached hydrogens (primary N) is 1. The zero-order valence-corrected chi connectivity index (χ0v) is 11.1. The molecule has 0 saturated carbocycles. The number of hydrogen-bond donors (Lipinski definition) is 2. The Kier molecular flexibility index (Phi) is 4.75. The van der Waals surface area contributed by atoms with Crippen molar-refractivity contribution in [1.29, 1.82) is 0 Å². The molecule has 0 spiro atoms. The lowest BCUT2D eigenvalue weighted by Crippen LogP contribution is -2.04. The highest BCUT2D eigenvalue weighted by molar-refractivity contribution is 5.38. The van der Waals surface area contributed by atoms with Crippen molar-refractivity contribution in [2.75, 3.05) is 11.9 Å². The largest absolute Gasteiger partial charge is 0.478 e. The molecule has 0 bridgehead atoms. The summed E-state index contributed by atoms with van der Waals surface area (Å²) in [5.74, 6) is 1.45. The van der Waals surface area contributed by atoms with Crippen molar-refractivity contribution in [3.05, 3.63) is 53.6 Å². The fourth-order valence-electron chi connectivity index (χ4n) is 1.80. The van der Waals surface area contributed by atoms with Crippen molar-refractivity contribution in [3.63, 3.8) is 0 Å². The molecule has 4 heteroatoms. The number of ether oxygens (including phenoxy) is 1. The van der Waals surface area contributed by atoms with Gasteiger partial charge in [0.15, 0.2) is 0 Å². The summed E-state index contributed by atoms with van der Waals surface area (Å²) >= 11 is 0. The van der Waals surface area contributed by atoms with Crippen molar-refractivity contribution in [1.82, 2.24) is 4.98 Å². The Morgan fingerprint density at radius 1 is 1.16 bits per heavy atom. The van der Waals surface area contributed by atoms with Gasteiger partial charge in [0.2, 0.25) is 5.88 Å². The number of aromatic nitrogens is 1. The van der Waals surface area contributed by atoms with Crippen LogP contribution in [0.15, 0.2) is 42.5 Å². The standard InChI is InChI=1S/C15H19N3O/c1-2-19-15-8-4-7-14(18-15)17-11-13-6-3-5-12(9-13)10-16/h3-9H,2,10-11,16H2,1H3,(H,17,18). The third-order valence-corrected chi connectivity index (χ3v) is 2.72. The minimum Gasteiger partial charge on any atom is -0.478 e. The maximum atomic E-state index is 5.63. The van der Waals surface area contributed by atoms with Gasteiger partial charge in [0.25, 0.3) is 0 Å². The normalized spacial score (nSPS) is 10.2. The van der Waals surface area contributed by atoms with Gasteiger partial charge in [-0.25, -0.2) is 0 Å². The highest BCUT2D eigenvalue weighted by Crippen LogP contribution is 2.13. The molecular weight excluding hydrogens is 238 g/mol. The van der Waals surface area contributed by atoms with Gasteiger partial charge in [-0.1, -0.05) is 30.3 Å². The lowest BCUT2D eigenvalue weighted by Gasteiger charge is -2.08. The van der Waals surface area contributed by atoms with Crippen LogP contribution in [0.25, 0.3) is 0 Å². The van der Waals surface area contributed by atoms with E-state index in [0.29, 0.717) is 19.0 Å². The molecule has 0 amide bonds. The van der Waals surface area contributed by atoms with Crippen LogP contribution in [0.5, 0.6) is 5.88 Å². The first-order valence-electron chi connectivity index (χ1n) is 6.43. The van der Waals surface area contributed by atoms with Crippen LogP contribution in [0.1, 0.15) is 18.1 Å². The van der Waals surface area contributed by atoms with Gasteiger partial charge in [0, 0.05) is 19.2 Å². The maximum Gasteiger partial charge on any atom is 0.215 e. The van der Waals surface area contributed by atoms with Gasteiger partial charge >= 0.3 is 0 Å². The number of hydrogen-bond acceptors (Lipinski definition) is 4. The molecule has 0 fully saturated rings. The van der Waals surface area contributed by atoms with Crippen molar-refractivity contribution < 1.29 is 4.74 Å². The number of nitrogens with one attached hydrogen (secondary N) is 1.